The Kier molecular flexibility index (Phi) is 25.7. The summed E-state index contributed by atoms with van der Waals surface area (Å²) >= 11 is 0. The van der Waals surface area contributed by atoms with Crippen LogP contribution in [-0.4, -0.2) is 49.0 Å². The number of methoxy groups -OCH3 is 1. The van der Waals surface area contributed by atoms with Gasteiger partial charge < -0.3 is 16.2 Å². The molecule has 0 aromatic heterocycles. The molecule has 1 saturated carbocycles. The number of nitrogens with zero attached hydrogens (tertiary/aromatic N) is 2. The number of aliphatic imine (C=N–C) groups is 1. The zero-order valence-corrected chi connectivity index (χ0v) is 19.4. The van der Waals surface area contributed by atoms with Crippen molar-refractivity contribution in [2.75, 3.05) is 20.3 Å². The number of guanidine groups is 1. The topological polar surface area (TPSA) is 111 Å². The van der Waals surface area contributed by atoms with E-state index in [2.05, 4.69) is 48.3 Å². The molecule has 2 amide bonds. The molecule has 1 heterocycles. The van der Waals surface area contributed by atoms with E-state index in [-0.39, 0.29) is 35.7 Å². The van der Waals surface area contributed by atoms with Crippen LogP contribution in [0.5, 0.6) is 0 Å². The number of primary amides is 1. The highest BCUT2D eigenvalue weighted by Gasteiger charge is 2.44. The first-order chi connectivity index (χ1) is 14.3. The lowest BCUT2D eigenvalue weighted by Crippen LogP contribution is -2.49. The van der Waals surface area contributed by atoms with Crippen molar-refractivity contribution in [1.29, 1.82) is 0 Å². The van der Waals surface area contributed by atoms with E-state index in [4.69, 9.17) is 11.5 Å². The monoisotopic (exact) mass is 420 g/mol. The van der Waals surface area contributed by atoms with Gasteiger partial charge in [0.25, 0.3) is 0 Å². The zero-order chi connectivity index (χ0) is 24.9. The second-order valence-electron chi connectivity index (χ2n) is 6.09. The number of hydrogen-bond acceptors (Lipinski definition) is 5. The summed E-state index contributed by atoms with van der Waals surface area (Å²) in [6.45, 7) is 11.3. The number of rotatable bonds is 5. The maximum absolute atomic E-state index is 12.0. The zero-order valence-electron chi connectivity index (χ0n) is 19.4. The fourth-order valence-electron chi connectivity index (χ4n) is 2.31. The van der Waals surface area contributed by atoms with E-state index in [1.54, 1.807) is 7.11 Å². The first-order valence-electron chi connectivity index (χ1n) is 9.73. The molecule has 7 heteroatoms. The maximum atomic E-state index is 12.0. The third-order valence-electron chi connectivity index (χ3n) is 4.02. The summed E-state index contributed by atoms with van der Waals surface area (Å²) in [5.41, 5.74) is 11.1. The van der Waals surface area contributed by atoms with E-state index in [0.29, 0.717) is 18.9 Å². The largest absolute Gasteiger partial charge is 0.385 e. The van der Waals surface area contributed by atoms with Crippen molar-refractivity contribution in [2.45, 2.75) is 53.5 Å². The Hall–Kier alpha value is -2.95. The van der Waals surface area contributed by atoms with Gasteiger partial charge in [-0.25, -0.2) is 4.99 Å². The van der Waals surface area contributed by atoms with E-state index in [1.165, 1.54) is 4.90 Å². The number of carbonyl (C=O) groups is 2. The first kappa shape index (κ1) is 34.5. The van der Waals surface area contributed by atoms with E-state index in [1.807, 2.05) is 34.6 Å². The number of hydrogen-bond donors (Lipinski definition) is 2. The van der Waals surface area contributed by atoms with Gasteiger partial charge in [0, 0.05) is 26.2 Å². The Balaban J connectivity index is -0.000000239. The fraction of sp³-hybridized carbons (Fsp3) is 0.609. The van der Waals surface area contributed by atoms with Gasteiger partial charge in [0.05, 0.1) is 12.5 Å². The van der Waals surface area contributed by atoms with Crippen molar-refractivity contribution in [3.63, 3.8) is 0 Å². The standard InChI is InChI=1S/C12H20N4O2.C3H8O.C2H6.3C2H2/c1-6(2)9-4-10(17)16(12(14)15-9)5-7-3-8(7)11(13)18;1-3-4-2;4*1-2/h6-9H,3-5H2,1-2H3,(H2,13,18)(H2,14,15);3H2,1-2H3;1-2H3;3*1-2H/t7-,8?,9?;;;;;/m1...../s1. The van der Waals surface area contributed by atoms with Crippen LogP contribution >= 0.6 is 0 Å². The molecule has 0 aromatic rings. The molecule has 3 atom stereocenters. The van der Waals surface area contributed by atoms with Crippen LogP contribution in [0.15, 0.2) is 4.99 Å². The third-order valence-corrected chi connectivity index (χ3v) is 4.02. The van der Waals surface area contributed by atoms with Crippen molar-refractivity contribution in [3.8, 4) is 38.5 Å². The van der Waals surface area contributed by atoms with E-state index in [9.17, 15) is 9.59 Å². The van der Waals surface area contributed by atoms with Gasteiger partial charge in [0.15, 0.2) is 5.96 Å². The van der Waals surface area contributed by atoms with Gasteiger partial charge in [-0.05, 0) is 25.2 Å². The van der Waals surface area contributed by atoms with E-state index in [0.717, 1.165) is 13.0 Å². The summed E-state index contributed by atoms with van der Waals surface area (Å²) in [4.78, 5) is 28.8. The SMILES string of the molecule is C#C.C#C.C#C.CC.CC(C)C1CC(=O)N(C[C@H]2CC2C(N)=O)C(N)=N1.CCOC. The molecule has 2 aliphatic rings. The number of ether oxygens (including phenoxy) is 1. The molecule has 1 aliphatic heterocycles. The average Bonchev–Trinajstić information content (AvgIpc) is 3.56. The molecular weight excluding hydrogens is 380 g/mol. The molecule has 7 nitrogen and oxygen atoms in total. The highest BCUT2D eigenvalue weighted by molar-refractivity contribution is 5.98. The predicted molar refractivity (Wildman–Crippen MR) is 126 cm³/mol. The van der Waals surface area contributed by atoms with Crippen LogP contribution in [0.1, 0.15) is 47.5 Å². The van der Waals surface area contributed by atoms with Crippen LogP contribution in [0.25, 0.3) is 0 Å². The molecule has 1 aliphatic carbocycles. The Morgan fingerprint density at radius 2 is 1.63 bits per heavy atom. The summed E-state index contributed by atoms with van der Waals surface area (Å²) in [6, 6.07) is -0.0279. The van der Waals surface area contributed by atoms with Gasteiger partial charge in [0.1, 0.15) is 0 Å². The Morgan fingerprint density at radius 1 is 1.20 bits per heavy atom. The number of amides is 2. The fourth-order valence-corrected chi connectivity index (χ4v) is 2.31. The minimum absolute atomic E-state index is 0.00341. The van der Waals surface area contributed by atoms with E-state index < -0.39 is 0 Å². The maximum Gasteiger partial charge on any atom is 0.231 e. The van der Waals surface area contributed by atoms with Gasteiger partial charge in [-0.1, -0.05) is 27.7 Å². The number of terminal acetylenes is 3. The van der Waals surface area contributed by atoms with Gasteiger partial charge in [-0.15, -0.1) is 38.5 Å². The molecule has 0 bridgehead atoms. The normalized spacial score (nSPS) is 20.3. The second kappa shape index (κ2) is 22.3. The van der Waals surface area contributed by atoms with Crippen molar-refractivity contribution in [2.24, 2.45) is 34.2 Å². The van der Waals surface area contributed by atoms with Gasteiger partial charge in [-0.3, -0.25) is 14.5 Å². The molecule has 30 heavy (non-hydrogen) atoms. The Bertz CT molecular complexity index is 534. The summed E-state index contributed by atoms with van der Waals surface area (Å²) in [5.74, 6) is 0.328. The molecule has 4 N–H and O–H groups in total. The molecule has 0 spiro atoms. The Morgan fingerprint density at radius 3 is 1.90 bits per heavy atom. The molecule has 1 fully saturated rings. The summed E-state index contributed by atoms with van der Waals surface area (Å²) < 4.78 is 4.54. The summed E-state index contributed by atoms with van der Waals surface area (Å²) in [6.07, 6.45) is 25.1. The minimum atomic E-state index is -0.292. The predicted octanol–water partition coefficient (Wildman–Crippen LogP) is 2.11. The first-order valence-corrected chi connectivity index (χ1v) is 9.73. The molecule has 2 unspecified atom stereocenters. The Labute approximate surface area is 184 Å². The van der Waals surface area contributed by atoms with Crippen LogP contribution in [0.4, 0.5) is 0 Å². The highest BCUT2D eigenvalue weighted by atomic mass is 16.5. The van der Waals surface area contributed by atoms with E-state index >= 15 is 0 Å². The van der Waals surface area contributed by atoms with Gasteiger partial charge >= 0.3 is 0 Å². The lowest BCUT2D eigenvalue weighted by atomic mass is 9.99. The van der Waals surface area contributed by atoms with Crippen molar-refractivity contribution < 1.29 is 14.3 Å². The smallest absolute Gasteiger partial charge is 0.231 e. The van der Waals surface area contributed by atoms with Crippen molar-refractivity contribution in [3.05, 3.63) is 0 Å². The van der Waals surface area contributed by atoms with Gasteiger partial charge in [0.2, 0.25) is 11.8 Å². The highest BCUT2D eigenvalue weighted by Crippen LogP contribution is 2.39. The van der Waals surface area contributed by atoms with Gasteiger partial charge in [-0.2, -0.15) is 0 Å². The van der Waals surface area contributed by atoms with Crippen LogP contribution in [0.3, 0.4) is 0 Å². The summed E-state index contributed by atoms with van der Waals surface area (Å²) in [5, 5.41) is 0. The van der Waals surface area contributed by atoms with Crippen LogP contribution in [0, 0.1) is 56.3 Å². The summed E-state index contributed by atoms with van der Waals surface area (Å²) in [7, 11) is 1.68. The number of carbonyl (C=O) groups excluding carboxylic acids is 2. The lowest BCUT2D eigenvalue weighted by molar-refractivity contribution is -0.129. The van der Waals surface area contributed by atoms with Crippen LogP contribution < -0.4 is 11.5 Å². The van der Waals surface area contributed by atoms with Crippen molar-refractivity contribution in [1.82, 2.24) is 4.90 Å². The number of nitrogens with two attached hydrogens (primary N) is 2. The second-order valence-corrected chi connectivity index (χ2v) is 6.09. The molecule has 170 valence electrons. The minimum Gasteiger partial charge on any atom is -0.385 e. The lowest BCUT2D eigenvalue weighted by Gasteiger charge is -2.30. The van der Waals surface area contributed by atoms with Crippen molar-refractivity contribution >= 4 is 17.8 Å². The van der Waals surface area contributed by atoms with Crippen LogP contribution in [-0.2, 0) is 14.3 Å². The van der Waals surface area contributed by atoms with Crippen LogP contribution in [0.2, 0.25) is 0 Å². The quantitative estimate of drug-likeness (QED) is 0.664. The average molecular weight is 421 g/mol. The molecular formula is C23H40N4O3. The third kappa shape index (κ3) is 14.1. The molecule has 2 rings (SSSR count). The molecule has 0 saturated heterocycles. The molecule has 0 aromatic carbocycles. The molecule has 0 radical (unpaired) electrons.